The first-order valence-corrected chi connectivity index (χ1v) is 10.0. The Morgan fingerprint density at radius 3 is 2.69 bits per heavy atom. The average Bonchev–Trinajstić information content (AvgIpc) is 3.22. The number of thiophene rings is 1. The summed E-state index contributed by atoms with van der Waals surface area (Å²) < 4.78 is 11.0. The van der Waals surface area contributed by atoms with E-state index in [-0.39, 0.29) is 11.9 Å². The number of ether oxygens (including phenoxy) is 2. The summed E-state index contributed by atoms with van der Waals surface area (Å²) in [5.41, 5.74) is 0.653. The van der Waals surface area contributed by atoms with E-state index >= 15 is 0 Å². The zero-order chi connectivity index (χ0) is 18.2. The number of amides is 1. The van der Waals surface area contributed by atoms with E-state index in [2.05, 4.69) is 34.7 Å². The van der Waals surface area contributed by atoms with Crippen LogP contribution in [0.1, 0.15) is 34.6 Å². The maximum atomic E-state index is 12.5. The molecule has 1 aromatic carbocycles. The highest BCUT2D eigenvalue weighted by atomic mass is 32.1. The van der Waals surface area contributed by atoms with Gasteiger partial charge in [0.25, 0.3) is 5.91 Å². The number of nitrogens with one attached hydrogen (secondary N) is 1. The van der Waals surface area contributed by atoms with Crippen LogP contribution in [0.25, 0.3) is 0 Å². The maximum absolute atomic E-state index is 12.5. The summed E-state index contributed by atoms with van der Waals surface area (Å²) >= 11 is 1.73. The normalized spacial score (nSPS) is 16.2. The van der Waals surface area contributed by atoms with Crippen LogP contribution < -0.4 is 10.1 Å². The van der Waals surface area contributed by atoms with Gasteiger partial charge < -0.3 is 14.8 Å². The molecule has 0 bridgehead atoms. The minimum Gasteiger partial charge on any atom is -0.494 e. The highest BCUT2D eigenvalue weighted by Crippen LogP contribution is 2.25. The molecule has 26 heavy (non-hydrogen) atoms. The van der Waals surface area contributed by atoms with Gasteiger partial charge in [-0.25, -0.2) is 0 Å². The van der Waals surface area contributed by atoms with Crippen molar-refractivity contribution in [3.8, 4) is 5.75 Å². The summed E-state index contributed by atoms with van der Waals surface area (Å²) in [5, 5.41) is 5.17. The average molecular weight is 375 g/mol. The highest BCUT2D eigenvalue weighted by Gasteiger charge is 2.24. The number of benzene rings is 1. The zero-order valence-corrected chi connectivity index (χ0v) is 16.0. The molecule has 5 nitrogen and oxygen atoms in total. The monoisotopic (exact) mass is 374 g/mol. The van der Waals surface area contributed by atoms with Crippen molar-refractivity contribution in [1.82, 2.24) is 10.2 Å². The van der Waals surface area contributed by atoms with E-state index in [9.17, 15) is 4.79 Å². The van der Waals surface area contributed by atoms with Crippen molar-refractivity contribution in [1.29, 1.82) is 0 Å². The molecule has 3 rings (SSSR count). The van der Waals surface area contributed by atoms with Crippen LogP contribution in [-0.4, -0.2) is 50.3 Å². The van der Waals surface area contributed by atoms with Gasteiger partial charge in [0, 0.05) is 30.1 Å². The summed E-state index contributed by atoms with van der Waals surface area (Å²) in [4.78, 5) is 16.2. The fourth-order valence-corrected chi connectivity index (χ4v) is 3.85. The summed E-state index contributed by atoms with van der Waals surface area (Å²) in [6, 6.07) is 11.7. The second-order valence-electron chi connectivity index (χ2n) is 6.26. The minimum atomic E-state index is -0.0538. The van der Waals surface area contributed by atoms with Crippen LogP contribution in [-0.2, 0) is 4.74 Å². The standard InChI is InChI=1S/C20H26N2O3S/c1-2-11-25-17-7-5-16(6-8-17)20(23)21-15-18(19-4-3-14-26-19)22-9-12-24-13-10-22/h3-8,14,18H,2,9-13,15H2,1H3,(H,21,23)/t18-/m1/s1. The molecule has 1 aliphatic heterocycles. The molecule has 6 heteroatoms. The van der Waals surface area contributed by atoms with Crippen molar-refractivity contribution in [2.75, 3.05) is 39.5 Å². The summed E-state index contributed by atoms with van der Waals surface area (Å²) in [6.07, 6.45) is 0.966. The lowest BCUT2D eigenvalue weighted by molar-refractivity contribution is 0.0169. The summed E-state index contributed by atoms with van der Waals surface area (Å²) in [6.45, 7) is 6.62. The van der Waals surface area contributed by atoms with Crippen LogP contribution in [0.15, 0.2) is 41.8 Å². The Balaban J connectivity index is 1.60. The molecule has 2 heterocycles. The number of hydrogen-bond acceptors (Lipinski definition) is 5. The van der Waals surface area contributed by atoms with Gasteiger partial charge >= 0.3 is 0 Å². The Kier molecular flexibility index (Phi) is 7.05. The van der Waals surface area contributed by atoms with Gasteiger partial charge in [0.15, 0.2) is 0 Å². The Hall–Kier alpha value is -1.89. The molecule has 1 aliphatic rings. The van der Waals surface area contributed by atoms with Crippen molar-refractivity contribution in [2.24, 2.45) is 0 Å². The lowest BCUT2D eigenvalue weighted by Crippen LogP contribution is -2.43. The van der Waals surface area contributed by atoms with Gasteiger partial charge in [-0.2, -0.15) is 0 Å². The molecule has 1 N–H and O–H groups in total. The lowest BCUT2D eigenvalue weighted by atomic mass is 10.1. The van der Waals surface area contributed by atoms with Crippen LogP contribution >= 0.6 is 11.3 Å². The topological polar surface area (TPSA) is 50.8 Å². The molecule has 1 aromatic heterocycles. The Morgan fingerprint density at radius 2 is 2.04 bits per heavy atom. The van der Waals surface area contributed by atoms with E-state index in [4.69, 9.17) is 9.47 Å². The molecule has 0 radical (unpaired) electrons. The van der Waals surface area contributed by atoms with Crippen molar-refractivity contribution < 1.29 is 14.3 Å². The van der Waals surface area contributed by atoms with E-state index in [0.29, 0.717) is 18.7 Å². The van der Waals surface area contributed by atoms with Crippen LogP contribution in [0.4, 0.5) is 0 Å². The Morgan fingerprint density at radius 1 is 1.27 bits per heavy atom. The quantitative estimate of drug-likeness (QED) is 0.770. The predicted molar refractivity (Wildman–Crippen MR) is 104 cm³/mol. The Labute approximate surface area is 158 Å². The molecular formula is C20H26N2O3S. The molecule has 0 spiro atoms. The second kappa shape index (κ2) is 9.71. The highest BCUT2D eigenvalue weighted by molar-refractivity contribution is 7.10. The fourth-order valence-electron chi connectivity index (χ4n) is 2.99. The van der Waals surface area contributed by atoms with Gasteiger partial charge in [-0.3, -0.25) is 9.69 Å². The third kappa shape index (κ3) is 5.06. The van der Waals surface area contributed by atoms with Gasteiger partial charge in [-0.05, 0) is 42.1 Å². The second-order valence-corrected chi connectivity index (χ2v) is 7.24. The number of nitrogens with zero attached hydrogens (tertiary/aromatic N) is 1. The van der Waals surface area contributed by atoms with E-state index < -0.39 is 0 Å². The molecule has 1 fully saturated rings. The number of morpholine rings is 1. The summed E-state index contributed by atoms with van der Waals surface area (Å²) in [5.74, 6) is 0.745. The molecule has 0 unspecified atom stereocenters. The van der Waals surface area contributed by atoms with Crippen molar-refractivity contribution in [2.45, 2.75) is 19.4 Å². The van der Waals surface area contributed by atoms with E-state index in [1.165, 1.54) is 4.88 Å². The first kappa shape index (κ1) is 18.9. The third-order valence-electron chi connectivity index (χ3n) is 4.40. The fraction of sp³-hybridized carbons (Fsp3) is 0.450. The first-order chi connectivity index (χ1) is 12.8. The van der Waals surface area contributed by atoms with Crippen molar-refractivity contribution in [3.63, 3.8) is 0 Å². The van der Waals surface area contributed by atoms with Gasteiger partial charge in [0.2, 0.25) is 0 Å². The molecule has 1 atom stereocenters. The SMILES string of the molecule is CCCOc1ccc(C(=O)NC[C@H](c2cccs2)N2CCOCC2)cc1. The summed E-state index contributed by atoms with van der Waals surface area (Å²) in [7, 11) is 0. The number of carbonyl (C=O) groups excluding carboxylic acids is 1. The van der Waals surface area contributed by atoms with E-state index in [1.807, 2.05) is 24.3 Å². The molecule has 0 aliphatic carbocycles. The number of hydrogen-bond donors (Lipinski definition) is 1. The Bertz CT molecular complexity index is 667. The molecule has 1 amide bonds. The van der Waals surface area contributed by atoms with Crippen molar-refractivity contribution in [3.05, 3.63) is 52.2 Å². The molecule has 2 aromatic rings. The first-order valence-electron chi connectivity index (χ1n) is 9.14. The molecule has 140 valence electrons. The van der Waals surface area contributed by atoms with Gasteiger partial charge in [-0.1, -0.05) is 13.0 Å². The van der Waals surface area contributed by atoms with E-state index in [0.717, 1.165) is 38.5 Å². The molecule has 1 saturated heterocycles. The van der Waals surface area contributed by atoms with Crippen molar-refractivity contribution >= 4 is 17.2 Å². The molecule has 0 saturated carbocycles. The van der Waals surface area contributed by atoms with Crippen LogP contribution in [0.3, 0.4) is 0 Å². The maximum Gasteiger partial charge on any atom is 0.251 e. The number of carbonyl (C=O) groups is 1. The van der Waals surface area contributed by atoms with E-state index in [1.54, 1.807) is 11.3 Å². The molecular weight excluding hydrogens is 348 g/mol. The minimum absolute atomic E-state index is 0.0538. The number of rotatable bonds is 8. The third-order valence-corrected chi connectivity index (χ3v) is 5.38. The van der Waals surface area contributed by atoms with Gasteiger partial charge in [-0.15, -0.1) is 11.3 Å². The lowest BCUT2D eigenvalue weighted by Gasteiger charge is -2.34. The van der Waals surface area contributed by atoms with Crippen LogP contribution in [0.2, 0.25) is 0 Å². The van der Waals surface area contributed by atoms with Gasteiger partial charge in [0.1, 0.15) is 5.75 Å². The smallest absolute Gasteiger partial charge is 0.251 e. The largest absolute Gasteiger partial charge is 0.494 e. The van der Waals surface area contributed by atoms with Gasteiger partial charge in [0.05, 0.1) is 25.9 Å². The predicted octanol–water partition coefficient (Wildman–Crippen LogP) is 3.34. The zero-order valence-electron chi connectivity index (χ0n) is 15.1. The van der Waals surface area contributed by atoms with Crippen LogP contribution in [0.5, 0.6) is 5.75 Å². The van der Waals surface area contributed by atoms with Crippen LogP contribution in [0, 0.1) is 0 Å².